The van der Waals surface area contributed by atoms with E-state index in [2.05, 4.69) is 4.84 Å². The SMILES string of the molecule is COc1ccc(-n2c(-c3ccc(S(C)(=O)=O)cc3)cc(C(CCO[N+](=O)[O-])C(=O)O)c2C)cc1. The molecule has 34 heavy (non-hydrogen) atoms. The molecule has 11 heteroatoms. The van der Waals surface area contributed by atoms with E-state index in [1.165, 1.54) is 12.1 Å². The standard InChI is InChI=1S/C23H24N2O8S/c1-15-21(20(23(26)27)12-13-33-25(28)29)14-22(16-4-10-19(11-5-16)34(3,30)31)24(15)17-6-8-18(32-2)9-7-17/h4-11,14,20H,12-13H2,1-3H3,(H,26,27). The maximum atomic E-state index is 12.0. The molecule has 3 aromatic rings. The van der Waals surface area contributed by atoms with Crippen LogP contribution < -0.4 is 4.74 Å². The first-order chi connectivity index (χ1) is 16.0. The van der Waals surface area contributed by atoms with E-state index in [4.69, 9.17) is 4.74 Å². The van der Waals surface area contributed by atoms with Crippen LogP contribution in [0.15, 0.2) is 59.5 Å². The summed E-state index contributed by atoms with van der Waals surface area (Å²) in [7, 11) is -1.84. The summed E-state index contributed by atoms with van der Waals surface area (Å²) < 4.78 is 30.8. The van der Waals surface area contributed by atoms with Crippen LogP contribution >= 0.6 is 0 Å². The smallest absolute Gasteiger partial charge is 0.311 e. The van der Waals surface area contributed by atoms with E-state index in [0.29, 0.717) is 28.3 Å². The molecule has 0 aliphatic heterocycles. The Morgan fingerprint density at radius 1 is 1.15 bits per heavy atom. The molecule has 0 fully saturated rings. The summed E-state index contributed by atoms with van der Waals surface area (Å²) in [6, 6.07) is 15.2. The molecule has 1 N–H and O–H groups in total. The second-order valence-electron chi connectivity index (χ2n) is 7.64. The van der Waals surface area contributed by atoms with Gasteiger partial charge in [0.15, 0.2) is 9.84 Å². The third-order valence-electron chi connectivity index (χ3n) is 5.47. The Kier molecular flexibility index (Phi) is 7.26. The molecule has 1 aromatic heterocycles. The summed E-state index contributed by atoms with van der Waals surface area (Å²) in [5, 5.41) is 19.4. The summed E-state index contributed by atoms with van der Waals surface area (Å²) in [4.78, 5) is 27.1. The van der Waals surface area contributed by atoms with Crippen molar-refractivity contribution in [2.24, 2.45) is 0 Å². The Labute approximate surface area is 196 Å². The number of sulfone groups is 1. The molecule has 1 atom stereocenters. The minimum Gasteiger partial charge on any atom is -0.497 e. The van der Waals surface area contributed by atoms with Crippen molar-refractivity contribution in [1.29, 1.82) is 0 Å². The average molecular weight is 489 g/mol. The van der Waals surface area contributed by atoms with E-state index in [-0.39, 0.29) is 17.9 Å². The fraction of sp³-hybridized carbons (Fsp3) is 0.261. The molecular formula is C23H24N2O8S. The predicted octanol–water partition coefficient (Wildman–Crippen LogP) is 3.63. The molecule has 0 aliphatic rings. The lowest BCUT2D eigenvalue weighted by atomic mass is 9.96. The van der Waals surface area contributed by atoms with Crippen molar-refractivity contribution in [1.82, 2.24) is 4.57 Å². The Bertz CT molecular complexity index is 1300. The quantitative estimate of drug-likeness (QED) is 0.337. The number of ether oxygens (including phenoxy) is 1. The Morgan fingerprint density at radius 2 is 1.76 bits per heavy atom. The van der Waals surface area contributed by atoms with Crippen LogP contribution in [-0.2, 0) is 19.5 Å². The molecule has 1 heterocycles. The number of rotatable bonds is 10. The number of nitrogens with zero attached hydrogens (tertiary/aromatic N) is 2. The maximum Gasteiger partial charge on any atom is 0.311 e. The van der Waals surface area contributed by atoms with Gasteiger partial charge in [-0.3, -0.25) is 4.79 Å². The number of carboxylic acid groups (broad SMARTS) is 1. The topological polar surface area (TPSA) is 138 Å². The van der Waals surface area contributed by atoms with Gasteiger partial charge in [0.25, 0.3) is 5.09 Å². The number of hydrogen-bond donors (Lipinski definition) is 1. The Morgan fingerprint density at radius 3 is 2.26 bits per heavy atom. The van der Waals surface area contributed by atoms with Gasteiger partial charge in [0, 0.05) is 17.6 Å². The average Bonchev–Trinajstić information content (AvgIpc) is 3.12. The van der Waals surface area contributed by atoms with E-state index in [1.807, 2.05) is 16.7 Å². The molecular weight excluding hydrogens is 464 g/mol. The first-order valence-corrected chi connectivity index (χ1v) is 12.1. The highest BCUT2D eigenvalue weighted by Gasteiger charge is 2.27. The van der Waals surface area contributed by atoms with Crippen molar-refractivity contribution < 1.29 is 33.0 Å². The van der Waals surface area contributed by atoms with Gasteiger partial charge in [-0.15, -0.1) is 10.1 Å². The summed E-state index contributed by atoms with van der Waals surface area (Å²) in [5.41, 5.74) is 3.14. The molecule has 0 saturated carbocycles. The third kappa shape index (κ3) is 5.37. The molecule has 0 radical (unpaired) electrons. The van der Waals surface area contributed by atoms with Gasteiger partial charge in [-0.25, -0.2) is 8.42 Å². The largest absolute Gasteiger partial charge is 0.497 e. The van der Waals surface area contributed by atoms with Gasteiger partial charge >= 0.3 is 5.97 Å². The number of carbonyl (C=O) groups is 1. The zero-order valence-electron chi connectivity index (χ0n) is 18.8. The van der Waals surface area contributed by atoms with E-state index < -0.39 is 26.8 Å². The number of hydrogen-bond acceptors (Lipinski definition) is 7. The second kappa shape index (κ2) is 9.96. The minimum atomic E-state index is -3.38. The van der Waals surface area contributed by atoms with E-state index in [1.54, 1.807) is 44.4 Å². The molecule has 10 nitrogen and oxygen atoms in total. The van der Waals surface area contributed by atoms with Crippen LogP contribution in [0, 0.1) is 17.0 Å². The molecule has 2 aromatic carbocycles. The monoisotopic (exact) mass is 488 g/mol. The highest BCUT2D eigenvalue weighted by Crippen LogP contribution is 2.35. The second-order valence-corrected chi connectivity index (χ2v) is 9.65. The van der Waals surface area contributed by atoms with Crippen LogP contribution in [-0.4, -0.2) is 49.1 Å². The van der Waals surface area contributed by atoms with Crippen molar-refractivity contribution in [3.8, 4) is 22.7 Å². The fourth-order valence-corrected chi connectivity index (χ4v) is 4.42. The van der Waals surface area contributed by atoms with Gasteiger partial charge in [0.1, 0.15) is 5.75 Å². The summed E-state index contributed by atoms with van der Waals surface area (Å²) in [5.74, 6) is -1.54. The molecule has 180 valence electrons. The van der Waals surface area contributed by atoms with Gasteiger partial charge in [-0.2, -0.15) is 0 Å². The van der Waals surface area contributed by atoms with Crippen molar-refractivity contribution in [2.75, 3.05) is 20.0 Å². The van der Waals surface area contributed by atoms with Crippen molar-refractivity contribution >= 4 is 15.8 Å². The van der Waals surface area contributed by atoms with Crippen LogP contribution in [0.5, 0.6) is 5.75 Å². The third-order valence-corrected chi connectivity index (χ3v) is 6.60. The summed E-state index contributed by atoms with van der Waals surface area (Å²) >= 11 is 0. The molecule has 0 spiro atoms. The van der Waals surface area contributed by atoms with Gasteiger partial charge in [-0.1, -0.05) is 12.1 Å². The fourth-order valence-electron chi connectivity index (χ4n) is 3.79. The van der Waals surface area contributed by atoms with Gasteiger partial charge in [-0.05, 0) is 66.9 Å². The van der Waals surface area contributed by atoms with Crippen LogP contribution in [0.3, 0.4) is 0 Å². The lowest BCUT2D eigenvalue weighted by Crippen LogP contribution is -2.16. The van der Waals surface area contributed by atoms with Crippen LogP contribution in [0.1, 0.15) is 23.6 Å². The van der Waals surface area contributed by atoms with Gasteiger partial charge < -0.3 is 19.2 Å². The molecule has 3 rings (SSSR count). The highest BCUT2D eigenvalue weighted by molar-refractivity contribution is 7.90. The zero-order valence-corrected chi connectivity index (χ0v) is 19.6. The summed E-state index contributed by atoms with van der Waals surface area (Å²) in [6.45, 7) is 1.40. The molecule has 0 bridgehead atoms. The number of methoxy groups -OCH3 is 1. The number of carboxylic acids is 1. The Balaban J connectivity index is 2.16. The first kappa shape index (κ1) is 24.8. The summed E-state index contributed by atoms with van der Waals surface area (Å²) in [6.07, 6.45) is 1.02. The van der Waals surface area contributed by atoms with Gasteiger partial charge in [0.05, 0.1) is 30.2 Å². The molecule has 1 unspecified atom stereocenters. The number of aromatic nitrogens is 1. The van der Waals surface area contributed by atoms with Crippen LogP contribution in [0.2, 0.25) is 0 Å². The first-order valence-electron chi connectivity index (χ1n) is 10.2. The lowest BCUT2D eigenvalue weighted by Gasteiger charge is -2.15. The number of benzene rings is 2. The van der Waals surface area contributed by atoms with Crippen LogP contribution in [0.4, 0.5) is 0 Å². The normalized spacial score (nSPS) is 12.2. The highest BCUT2D eigenvalue weighted by atomic mass is 32.2. The lowest BCUT2D eigenvalue weighted by molar-refractivity contribution is -0.757. The van der Waals surface area contributed by atoms with E-state index >= 15 is 0 Å². The maximum absolute atomic E-state index is 12.0. The molecule has 0 saturated heterocycles. The minimum absolute atomic E-state index is 0.101. The van der Waals surface area contributed by atoms with Gasteiger partial charge in [0.2, 0.25) is 0 Å². The predicted molar refractivity (Wildman–Crippen MR) is 124 cm³/mol. The number of aliphatic carboxylic acids is 1. The van der Waals surface area contributed by atoms with Crippen molar-refractivity contribution in [3.05, 3.63) is 76.0 Å². The van der Waals surface area contributed by atoms with E-state index in [9.17, 15) is 28.4 Å². The Hall–Kier alpha value is -3.86. The zero-order chi connectivity index (χ0) is 25.0. The molecule has 0 amide bonds. The van der Waals surface area contributed by atoms with E-state index in [0.717, 1.165) is 11.9 Å². The molecule has 0 aliphatic carbocycles. The van der Waals surface area contributed by atoms with Crippen LogP contribution in [0.25, 0.3) is 16.9 Å². The van der Waals surface area contributed by atoms with Crippen molar-refractivity contribution in [2.45, 2.75) is 24.2 Å². The van der Waals surface area contributed by atoms with Crippen molar-refractivity contribution in [3.63, 3.8) is 0 Å².